The number of hydrogen-bond donors (Lipinski definition) is 0. The summed E-state index contributed by atoms with van der Waals surface area (Å²) in [4.78, 5) is 32.8. The van der Waals surface area contributed by atoms with Crippen molar-refractivity contribution < 1.29 is 18.0 Å². The molecule has 1 aromatic heterocycles. The second-order valence-electron chi connectivity index (χ2n) is 9.01. The molecule has 0 N–H and O–H groups in total. The summed E-state index contributed by atoms with van der Waals surface area (Å²) in [5, 5.41) is 9.62. The first-order chi connectivity index (χ1) is 18.1. The monoisotopic (exact) mass is 572 g/mol. The number of imidazole rings is 1. The van der Waals surface area contributed by atoms with E-state index in [9.17, 15) is 18.0 Å². The molecule has 2 amide bonds. The number of benzene rings is 2. The summed E-state index contributed by atoms with van der Waals surface area (Å²) in [5.74, 6) is -0.377. The number of hydrogen-bond acceptors (Lipinski definition) is 6. The Bertz CT molecular complexity index is 1550. The molecule has 5 rings (SSSR count). The lowest BCUT2D eigenvalue weighted by Gasteiger charge is -2.33. The second kappa shape index (κ2) is 10.0. The van der Waals surface area contributed by atoms with Crippen LogP contribution in [0.15, 0.2) is 53.7 Å². The van der Waals surface area contributed by atoms with Crippen molar-refractivity contribution >= 4 is 56.7 Å². The lowest BCUT2D eigenvalue weighted by atomic mass is 10.0. The Morgan fingerprint density at radius 2 is 1.71 bits per heavy atom. The number of anilines is 2. The van der Waals surface area contributed by atoms with E-state index in [2.05, 4.69) is 11.1 Å². The maximum atomic E-state index is 13.8. The zero-order valence-corrected chi connectivity index (χ0v) is 22.5. The fourth-order valence-corrected chi connectivity index (χ4v) is 6.81. The zero-order chi connectivity index (χ0) is 27.2. The number of amides is 2. The van der Waals surface area contributed by atoms with Gasteiger partial charge in [0.05, 0.1) is 23.5 Å². The Morgan fingerprint density at radius 1 is 1.08 bits per heavy atom. The smallest absolute Gasteiger partial charge is 0.260 e. The Labute approximate surface area is 229 Å². The van der Waals surface area contributed by atoms with Crippen LogP contribution in [0.3, 0.4) is 0 Å². The zero-order valence-electron chi connectivity index (χ0n) is 20.2. The minimum Gasteiger partial charge on any atom is -0.340 e. The van der Waals surface area contributed by atoms with E-state index >= 15 is 0 Å². The van der Waals surface area contributed by atoms with Gasteiger partial charge in [0.1, 0.15) is 6.04 Å². The molecule has 196 valence electrons. The van der Waals surface area contributed by atoms with Gasteiger partial charge in [-0.15, -0.1) is 0 Å². The second-order valence-corrected chi connectivity index (χ2v) is 11.8. The van der Waals surface area contributed by atoms with E-state index in [1.165, 1.54) is 33.0 Å². The van der Waals surface area contributed by atoms with Crippen molar-refractivity contribution in [3.63, 3.8) is 0 Å². The number of rotatable bonds is 5. The highest BCUT2D eigenvalue weighted by atomic mass is 35.5. The minimum atomic E-state index is -4.05. The van der Waals surface area contributed by atoms with Gasteiger partial charge >= 0.3 is 0 Å². The maximum Gasteiger partial charge on any atom is 0.260 e. The van der Waals surface area contributed by atoms with Crippen molar-refractivity contribution in [2.45, 2.75) is 24.4 Å². The van der Waals surface area contributed by atoms with Gasteiger partial charge in [-0.25, -0.2) is 18.3 Å². The van der Waals surface area contributed by atoms with Gasteiger partial charge in [-0.1, -0.05) is 35.3 Å². The largest absolute Gasteiger partial charge is 0.340 e. The van der Waals surface area contributed by atoms with Gasteiger partial charge in [-0.05, 0) is 35.9 Å². The first-order valence-electron chi connectivity index (χ1n) is 11.7. The molecule has 0 aliphatic carbocycles. The first kappa shape index (κ1) is 26.2. The topological polar surface area (TPSA) is 120 Å². The molecule has 1 unspecified atom stereocenters. The third-order valence-corrected chi connectivity index (χ3v) is 8.98. The fourth-order valence-electron chi connectivity index (χ4n) is 4.75. The van der Waals surface area contributed by atoms with Crippen LogP contribution < -0.4 is 4.90 Å². The van der Waals surface area contributed by atoms with Crippen LogP contribution in [0, 0.1) is 11.3 Å². The van der Waals surface area contributed by atoms with Gasteiger partial charge in [-0.2, -0.15) is 9.57 Å². The molecule has 2 aliphatic heterocycles. The molecule has 0 bridgehead atoms. The third-order valence-electron chi connectivity index (χ3n) is 6.67. The molecule has 0 spiro atoms. The molecule has 38 heavy (non-hydrogen) atoms. The summed E-state index contributed by atoms with van der Waals surface area (Å²) < 4.78 is 30.3. The van der Waals surface area contributed by atoms with Crippen molar-refractivity contribution in [2.75, 3.05) is 31.1 Å². The molecular formula is C25H22Cl2N6O4S. The lowest BCUT2D eigenvalue weighted by Crippen LogP contribution is -2.50. The molecule has 13 heteroatoms. The van der Waals surface area contributed by atoms with Crippen molar-refractivity contribution in [1.29, 1.82) is 5.26 Å². The van der Waals surface area contributed by atoms with E-state index < -0.39 is 22.0 Å². The highest BCUT2D eigenvalue weighted by Crippen LogP contribution is 2.41. The van der Waals surface area contributed by atoms with Crippen LogP contribution in [0.1, 0.15) is 24.1 Å². The highest BCUT2D eigenvalue weighted by Gasteiger charge is 2.44. The minimum absolute atomic E-state index is 0.115. The predicted molar refractivity (Wildman–Crippen MR) is 141 cm³/mol. The van der Waals surface area contributed by atoms with Gasteiger partial charge in [0, 0.05) is 49.6 Å². The molecule has 1 saturated heterocycles. The van der Waals surface area contributed by atoms with E-state index in [4.69, 9.17) is 28.5 Å². The summed E-state index contributed by atoms with van der Waals surface area (Å²) in [5.41, 5.74) is 1.57. The molecule has 10 nitrogen and oxygen atoms in total. The molecular weight excluding hydrogens is 551 g/mol. The van der Waals surface area contributed by atoms with Gasteiger partial charge in [0.25, 0.3) is 15.9 Å². The van der Waals surface area contributed by atoms with Crippen LogP contribution in [0.2, 0.25) is 10.0 Å². The Morgan fingerprint density at radius 3 is 2.29 bits per heavy atom. The van der Waals surface area contributed by atoms with E-state index in [1.54, 1.807) is 41.3 Å². The van der Waals surface area contributed by atoms with Crippen molar-refractivity contribution in [3.8, 4) is 6.07 Å². The standard InChI is InChI=1S/C25H22Cl2N6O4S/c1-16(34)30-6-8-31(9-7-30)38(36,37)23-15-29-25-32(21-12-19(26)11-20(27)13-21)24(35)22(33(23)25)10-17-2-4-18(14-28)5-3-17/h2-5,11-13,15,22H,6-10H2,1H3. The number of aromatic nitrogens is 2. The summed E-state index contributed by atoms with van der Waals surface area (Å²) >= 11 is 12.4. The average Bonchev–Trinajstić information content (AvgIpc) is 3.42. The highest BCUT2D eigenvalue weighted by molar-refractivity contribution is 7.89. The lowest BCUT2D eigenvalue weighted by molar-refractivity contribution is -0.130. The molecule has 3 aromatic rings. The van der Waals surface area contributed by atoms with Crippen LogP contribution in [-0.2, 0) is 26.0 Å². The van der Waals surface area contributed by atoms with Crippen LogP contribution in [0.25, 0.3) is 0 Å². The van der Waals surface area contributed by atoms with E-state index in [0.717, 1.165) is 5.56 Å². The third kappa shape index (κ3) is 4.65. The van der Waals surface area contributed by atoms with E-state index in [-0.39, 0.29) is 49.5 Å². The van der Waals surface area contributed by atoms with Crippen LogP contribution in [0.4, 0.5) is 11.6 Å². The molecule has 1 atom stereocenters. The summed E-state index contributed by atoms with van der Waals surface area (Å²) in [6.07, 6.45) is 1.42. The maximum absolute atomic E-state index is 13.8. The molecule has 1 fully saturated rings. The van der Waals surface area contributed by atoms with Gasteiger partial charge in [0.15, 0.2) is 5.03 Å². The van der Waals surface area contributed by atoms with Crippen molar-refractivity contribution in [3.05, 3.63) is 69.8 Å². The van der Waals surface area contributed by atoms with E-state index in [0.29, 0.717) is 21.3 Å². The summed E-state index contributed by atoms with van der Waals surface area (Å²) in [7, 11) is -4.05. The van der Waals surface area contributed by atoms with Crippen LogP contribution >= 0.6 is 23.2 Å². The number of halogens is 2. The fraction of sp³-hybridized carbons (Fsp3) is 0.280. The average molecular weight is 573 g/mol. The quantitative estimate of drug-likeness (QED) is 0.462. The normalized spacial score (nSPS) is 17.9. The Kier molecular flexibility index (Phi) is 6.92. The number of nitriles is 1. The molecule has 0 radical (unpaired) electrons. The summed E-state index contributed by atoms with van der Waals surface area (Å²) in [6, 6.07) is 12.5. The Hall–Kier alpha value is -3.43. The first-order valence-corrected chi connectivity index (χ1v) is 13.9. The van der Waals surface area contributed by atoms with Crippen LogP contribution in [-0.4, -0.2) is 65.2 Å². The van der Waals surface area contributed by atoms with Gasteiger partial charge in [0.2, 0.25) is 11.9 Å². The number of nitrogens with zero attached hydrogens (tertiary/aromatic N) is 6. The number of piperazine rings is 1. The Balaban J connectivity index is 1.57. The number of fused-ring (bicyclic) bond motifs is 1. The number of carbonyl (C=O) groups is 2. The van der Waals surface area contributed by atoms with Gasteiger partial charge < -0.3 is 4.90 Å². The van der Waals surface area contributed by atoms with Crippen molar-refractivity contribution in [2.24, 2.45) is 0 Å². The van der Waals surface area contributed by atoms with Gasteiger partial charge in [-0.3, -0.25) is 14.2 Å². The van der Waals surface area contributed by atoms with E-state index in [1.807, 2.05) is 0 Å². The van der Waals surface area contributed by atoms with Crippen LogP contribution in [0.5, 0.6) is 0 Å². The molecule has 3 heterocycles. The molecule has 2 aromatic carbocycles. The number of sulfonamides is 1. The SMILES string of the molecule is CC(=O)N1CCN(S(=O)(=O)c2cnc3n2C(Cc2ccc(C#N)cc2)C(=O)N3c2cc(Cl)cc(Cl)c2)CC1. The number of carbonyl (C=O) groups excluding carboxylic acids is 2. The molecule has 2 aliphatic rings. The van der Waals surface area contributed by atoms with Crippen molar-refractivity contribution in [1.82, 2.24) is 18.8 Å². The molecule has 0 saturated carbocycles. The summed E-state index contributed by atoms with van der Waals surface area (Å²) in [6.45, 7) is 2.26. The predicted octanol–water partition coefficient (Wildman–Crippen LogP) is 3.38.